The van der Waals surface area contributed by atoms with Gasteiger partial charge in [-0.15, -0.1) is 0 Å². The molecular formula is C13H21N3O4S. The monoisotopic (exact) mass is 315 g/mol. The second-order valence-corrected chi connectivity index (χ2v) is 7.86. The van der Waals surface area contributed by atoms with Crippen molar-refractivity contribution in [1.82, 2.24) is 4.72 Å². The van der Waals surface area contributed by atoms with Crippen molar-refractivity contribution in [2.45, 2.75) is 32.6 Å². The van der Waals surface area contributed by atoms with E-state index >= 15 is 0 Å². The maximum atomic E-state index is 12.2. The maximum absolute atomic E-state index is 12.2. The molecule has 3 N–H and O–H groups in total. The van der Waals surface area contributed by atoms with Crippen LogP contribution in [0.25, 0.3) is 0 Å². The molecule has 0 aromatic heterocycles. The van der Waals surface area contributed by atoms with Crippen LogP contribution in [0.2, 0.25) is 0 Å². The van der Waals surface area contributed by atoms with Gasteiger partial charge in [0, 0.05) is 12.6 Å². The zero-order chi connectivity index (χ0) is 16.4. The summed E-state index contributed by atoms with van der Waals surface area (Å²) in [5, 5.41) is 10.7. The summed E-state index contributed by atoms with van der Waals surface area (Å²) in [5.74, 6) is 0.127. The Bertz CT molecular complexity index is 635. The lowest BCUT2D eigenvalue weighted by molar-refractivity contribution is -0.383. The normalized spacial score (nSPS) is 13.9. The molecule has 0 radical (unpaired) electrons. The van der Waals surface area contributed by atoms with Gasteiger partial charge in [-0.25, -0.2) is 13.1 Å². The molecule has 0 fully saturated rings. The topological polar surface area (TPSA) is 115 Å². The molecule has 21 heavy (non-hydrogen) atoms. The number of benzene rings is 1. The summed E-state index contributed by atoms with van der Waals surface area (Å²) in [6, 6.07) is 3.37. The van der Waals surface area contributed by atoms with E-state index in [2.05, 4.69) is 4.72 Å². The number of nitrogen functional groups attached to an aromatic ring is 1. The van der Waals surface area contributed by atoms with Crippen LogP contribution in [-0.4, -0.2) is 19.9 Å². The van der Waals surface area contributed by atoms with E-state index in [1.165, 1.54) is 6.07 Å². The minimum Gasteiger partial charge on any atom is -0.393 e. The maximum Gasteiger partial charge on any atom is 0.292 e. The molecule has 0 amide bonds. The minimum atomic E-state index is -3.73. The molecule has 0 aliphatic carbocycles. The Morgan fingerprint density at radius 1 is 1.38 bits per heavy atom. The summed E-state index contributed by atoms with van der Waals surface area (Å²) in [6.07, 6.45) is 0. The van der Waals surface area contributed by atoms with E-state index in [-0.39, 0.29) is 34.1 Å². The highest BCUT2D eigenvalue weighted by molar-refractivity contribution is 7.89. The van der Waals surface area contributed by atoms with E-state index in [1.54, 1.807) is 0 Å². The zero-order valence-corrected chi connectivity index (χ0v) is 13.4. The molecule has 8 heteroatoms. The lowest BCUT2D eigenvalue weighted by Gasteiger charge is -2.27. The van der Waals surface area contributed by atoms with Gasteiger partial charge in [-0.1, -0.05) is 27.7 Å². The number of hydrogen-bond donors (Lipinski definition) is 2. The van der Waals surface area contributed by atoms with Gasteiger partial charge in [0.25, 0.3) is 5.69 Å². The fourth-order valence-corrected chi connectivity index (χ4v) is 2.66. The van der Waals surface area contributed by atoms with Crippen LogP contribution in [0.5, 0.6) is 0 Å². The quantitative estimate of drug-likeness (QED) is 0.490. The fourth-order valence-electron chi connectivity index (χ4n) is 1.49. The van der Waals surface area contributed by atoms with Gasteiger partial charge in [-0.2, -0.15) is 0 Å². The van der Waals surface area contributed by atoms with Crippen molar-refractivity contribution < 1.29 is 13.3 Å². The van der Waals surface area contributed by atoms with Gasteiger partial charge in [0.05, 0.1) is 9.82 Å². The minimum absolute atomic E-state index is 0.0307. The first-order chi connectivity index (χ1) is 9.45. The first-order valence-corrected chi connectivity index (χ1v) is 7.97. The smallest absolute Gasteiger partial charge is 0.292 e. The van der Waals surface area contributed by atoms with Crippen LogP contribution in [0.1, 0.15) is 27.7 Å². The average Bonchev–Trinajstić information content (AvgIpc) is 2.34. The molecular weight excluding hydrogens is 294 g/mol. The van der Waals surface area contributed by atoms with Crippen molar-refractivity contribution in [2.24, 2.45) is 11.3 Å². The van der Waals surface area contributed by atoms with Gasteiger partial charge in [0.2, 0.25) is 10.0 Å². The van der Waals surface area contributed by atoms with Crippen molar-refractivity contribution in [3.63, 3.8) is 0 Å². The number of sulfonamides is 1. The van der Waals surface area contributed by atoms with Gasteiger partial charge in [-0.3, -0.25) is 10.1 Å². The summed E-state index contributed by atoms with van der Waals surface area (Å²) >= 11 is 0. The number of anilines is 1. The third-order valence-corrected chi connectivity index (χ3v) is 4.99. The Kier molecular flexibility index (Phi) is 4.95. The Morgan fingerprint density at radius 2 is 1.95 bits per heavy atom. The summed E-state index contributed by atoms with van der Waals surface area (Å²) in [5.41, 5.74) is 5.00. The second kappa shape index (κ2) is 5.98. The van der Waals surface area contributed by atoms with Gasteiger partial charge >= 0.3 is 0 Å². The van der Waals surface area contributed by atoms with E-state index in [4.69, 9.17) is 5.73 Å². The van der Waals surface area contributed by atoms with Crippen LogP contribution >= 0.6 is 0 Å². The summed E-state index contributed by atoms with van der Waals surface area (Å²) in [6.45, 7) is 8.30. The summed E-state index contributed by atoms with van der Waals surface area (Å²) in [4.78, 5) is 9.94. The Labute approximate surface area is 124 Å². The number of nitrogens with one attached hydrogen (secondary N) is 1. The number of nitro benzene ring substituents is 1. The van der Waals surface area contributed by atoms with E-state index in [1.807, 2.05) is 27.7 Å². The molecule has 0 aliphatic rings. The van der Waals surface area contributed by atoms with Crippen LogP contribution in [-0.2, 0) is 10.0 Å². The number of rotatable bonds is 5. The van der Waals surface area contributed by atoms with Crippen molar-refractivity contribution in [3.05, 3.63) is 28.3 Å². The molecule has 1 unspecified atom stereocenters. The third kappa shape index (κ3) is 4.40. The molecule has 0 saturated carbocycles. The highest BCUT2D eigenvalue weighted by atomic mass is 32.2. The molecule has 1 aromatic rings. The number of nitrogens with zero attached hydrogens (tertiary/aromatic N) is 1. The molecule has 0 spiro atoms. The SMILES string of the molecule is CC(CNS(=O)(=O)c1ccc([N+](=O)[O-])c(N)c1)C(C)(C)C. The Hall–Kier alpha value is -1.67. The third-order valence-electron chi connectivity index (χ3n) is 3.56. The van der Waals surface area contributed by atoms with Crippen LogP contribution in [0.4, 0.5) is 11.4 Å². The molecule has 1 rings (SSSR count). The molecule has 0 saturated heterocycles. The van der Waals surface area contributed by atoms with Crippen molar-refractivity contribution in [1.29, 1.82) is 0 Å². The molecule has 0 aliphatic heterocycles. The summed E-state index contributed by atoms with van der Waals surface area (Å²) in [7, 11) is -3.73. The highest BCUT2D eigenvalue weighted by Gasteiger charge is 2.24. The number of nitro groups is 1. The standard InChI is InChI=1S/C13H21N3O4S/c1-9(13(2,3)4)8-15-21(19,20)10-5-6-12(16(17)18)11(14)7-10/h5-7,9,15H,8,14H2,1-4H3. The van der Waals surface area contributed by atoms with Crippen LogP contribution in [0.15, 0.2) is 23.1 Å². The first-order valence-electron chi connectivity index (χ1n) is 6.48. The van der Waals surface area contributed by atoms with E-state index in [0.717, 1.165) is 12.1 Å². The number of nitrogens with two attached hydrogens (primary N) is 1. The molecule has 118 valence electrons. The predicted octanol–water partition coefficient (Wildman–Crippen LogP) is 2.14. The van der Waals surface area contributed by atoms with Crippen LogP contribution in [0, 0.1) is 21.4 Å². The zero-order valence-electron chi connectivity index (χ0n) is 12.6. The lowest BCUT2D eigenvalue weighted by Crippen LogP contribution is -2.33. The van der Waals surface area contributed by atoms with E-state index in [0.29, 0.717) is 0 Å². The lowest BCUT2D eigenvalue weighted by atomic mass is 9.82. The van der Waals surface area contributed by atoms with Gasteiger partial charge in [0.1, 0.15) is 5.69 Å². The molecule has 0 bridgehead atoms. The van der Waals surface area contributed by atoms with E-state index < -0.39 is 14.9 Å². The highest BCUT2D eigenvalue weighted by Crippen LogP contribution is 2.26. The average molecular weight is 315 g/mol. The van der Waals surface area contributed by atoms with Crippen molar-refractivity contribution in [2.75, 3.05) is 12.3 Å². The first kappa shape index (κ1) is 17.4. The Morgan fingerprint density at radius 3 is 2.38 bits per heavy atom. The van der Waals surface area contributed by atoms with E-state index in [9.17, 15) is 18.5 Å². The van der Waals surface area contributed by atoms with Crippen molar-refractivity contribution >= 4 is 21.4 Å². The molecule has 1 atom stereocenters. The van der Waals surface area contributed by atoms with Crippen LogP contribution in [0.3, 0.4) is 0 Å². The number of hydrogen-bond acceptors (Lipinski definition) is 5. The van der Waals surface area contributed by atoms with Gasteiger partial charge in [-0.05, 0) is 23.5 Å². The Balaban J connectivity index is 2.94. The fraction of sp³-hybridized carbons (Fsp3) is 0.538. The van der Waals surface area contributed by atoms with Gasteiger partial charge in [0.15, 0.2) is 0 Å². The van der Waals surface area contributed by atoms with Crippen molar-refractivity contribution in [3.8, 4) is 0 Å². The predicted molar refractivity (Wildman–Crippen MR) is 81.3 cm³/mol. The second-order valence-electron chi connectivity index (χ2n) is 6.10. The van der Waals surface area contributed by atoms with Crippen LogP contribution < -0.4 is 10.5 Å². The molecule has 1 aromatic carbocycles. The molecule has 7 nitrogen and oxygen atoms in total. The van der Waals surface area contributed by atoms with Gasteiger partial charge < -0.3 is 5.73 Å². The molecule has 0 heterocycles. The summed E-state index contributed by atoms with van der Waals surface area (Å²) < 4.78 is 26.8. The largest absolute Gasteiger partial charge is 0.393 e.